The summed E-state index contributed by atoms with van der Waals surface area (Å²) in [6.07, 6.45) is 1.91. The molecule has 0 saturated carbocycles. The van der Waals surface area contributed by atoms with E-state index in [1.54, 1.807) is 0 Å². The fourth-order valence-corrected chi connectivity index (χ4v) is 2.94. The molecular weight excluding hydrogens is 299 g/mol. The molecule has 1 heterocycles. The Balaban J connectivity index is 0.00000147. The lowest BCUT2D eigenvalue weighted by atomic mass is 10.1. The van der Waals surface area contributed by atoms with Gasteiger partial charge in [-0.05, 0) is 36.1 Å². The number of ether oxygens (including phenoxy) is 1. The number of carbonyl (C=O) groups is 1. The fourth-order valence-electron chi connectivity index (χ4n) is 2.74. The quantitative estimate of drug-likeness (QED) is 0.875. The Morgan fingerprint density at radius 3 is 3.05 bits per heavy atom. The molecule has 1 aromatic carbocycles. The van der Waals surface area contributed by atoms with Crippen molar-refractivity contribution in [2.75, 3.05) is 19.8 Å². The zero-order valence-electron chi connectivity index (χ0n) is 11.0. The van der Waals surface area contributed by atoms with Crippen LogP contribution in [0, 0.1) is 0 Å². The van der Waals surface area contributed by atoms with Crippen molar-refractivity contribution in [1.29, 1.82) is 0 Å². The highest BCUT2D eigenvalue weighted by molar-refractivity contribution is 6.30. The first-order chi connectivity index (χ1) is 9.24. The van der Waals surface area contributed by atoms with Crippen LogP contribution in [0.1, 0.15) is 23.6 Å². The van der Waals surface area contributed by atoms with Crippen LogP contribution in [0.4, 0.5) is 0 Å². The molecule has 1 aliphatic carbocycles. The lowest BCUT2D eigenvalue weighted by Crippen LogP contribution is -2.51. The van der Waals surface area contributed by atoms with Crippen LogP contribution in [0.15, 0.2) is 18.2 Å². The molecule has 20 heavy (non-hydrogen) atoms. The molecule has 1 fully saturated rings. The van der Waals surface area contributed by atoms with Crippen LogP contribution in [-0.4, -0.2) is 31.7 Å². The van der Waals surface area contributed by atoms with E-state index in [-0.39, 0.29) is 30.4 Å². The van der Waals surface area contributed by atoms with Crippen LogP contribution in [0.2, 0.25) is 5.02 Å². The van der Waals surface area contributed by atoms with Gasteiger partial charge in [0, 0.05) is 11.6 Å². The molecule has 2 unspecified atom stereocenters. The first kappa shape index (κ1) is 15.6. The van der Waals surface area contributed by atoms with E-state index in [4.69, 9.17) is 16.3 Å². The fraction of sp³-hybridized carbons (Fsp3) is 0.500. The molecule has 3 rings (SSSR count). The summed E-state index contributed by atoms with van der Waals surface area (Å²) in [5, 5.41) is 7.02. The maximum absolute atomic E-state index is 12.2. The molecule has 2 N–H and O–H groups in total. The summed E-state index contributed by atoms with van der Waals surface area (Å²) in [6.45, 7) is 1.86. The molecule has 110 valence electrons. The van der Waals surface area contributed by atoms with Crippen LogP contribution in [0.25, 0.3) is 0 Å². The van der Waals surface area contributed by atoms with Gasteiger partial charge < -0.3 is 15.4 Å². The minimum atomic E-state index is -0.231. The molecule has 0 bridgehead atoms. The van der Waals surface area contributed by atoms with E-state index in [0.717, 1.165) is 24.4 Å². The Morgan fingerprint density at radius 2 is 2.30 bits per heavy atom. The number of hydrogen-bond acceptors (Lipinski definition) is 3. The second kappa shape index (κ2) is 6.76. The Bertz CT molecular complexity index is 490. The molecule has 1 amide bonds. The standard InChI is InChI=1S/C14H17ClN2O2.ClH/c15-10-2-3-11-9(7-10)1-4-12(11)17-14(18)13-8-19-6-5-16-13;/h2-3,7,12-13,16H,1,4-6,8H2,(H,17,18);1H. The number of carbonyl (C=O) groups excluding carboxylic acids is 1. The molecule has 6 heteroatoms. The average molecular weight is 317 g/mol. The molecule has 2 aliphatic rings. The predicted molar refractivity (Wildman–Crippen MR) is 80.5 cm³/mol. The zero-order chi connectivity index (χ0) is 13.2. The lowest BCUT2D eigenvalue weighted by molar-refractivity contribution is -0.126. The molecule has 0 spiro atoms. The van der Waals surface area contributed by atoms with Crippen molar-refractivity contribution in [3.63, 3.8) is 0 Å². The Labute approximate surface area is 129 Å². The molecule has 2 atom stereocenters. The van der Waals surface area contributed by atoms with E-state index >= 15 is 0 Å². The van der Waals surface area contributed by atoms with Gasteiger partial charge in [0.2, 0.25) is 5.91 Å². The second-order valence-corrected chi connectivity index (χ2v) is 5.46. The number of rotatable bonds is 2. The predicted octanol–water partition coefficient (Wildman–Crippen LogP) is 1.85. The number of halogens is 2. The van der Waals surface area contributed by atoms with Crippen molar-refractivity contribution >= 4 is 29.9 Å². The molecule has 4 nitrogen and oxygen atoms in total. The van der Waals surface area contributed by atoms with Crippen LogP contribution in [0.5, 0.6) is 0 Å². The SMILES string of the molecule is Cl.O=C(NC1CCc2cc(Cl)ccc21)C1COCCN1. The summed E-state index contributed by atoms with van der Waals surface area (Å²) in [4.78, 5) is 12.2. The van der Waals surface area contributed by atoms with Crippen molar-refractivity contribution < 1.29 is 9.53 Å². The molecule has 1 aromatic rings. The average Bonchev–Trinajstić information content (AvgIpc) is 2.82. The van der Waals surface area contributed by atoms with E-state index in [9.17, 15) is 4.79 Å². The highest BCUT2D eigenvalue weighted by Crippen LogP contribution is 2.32. The number of nitrogens with one attached hydrogen (secondary N) is 2. The van der Waals surface area contributed by atoms with Gasteiger partial charge in [-0.1, -0.05) is 17.7 Å². The van der Waals surface area contributed by atoms with Crippen LogP contribution < -0.4 is 10.6 Å². The van der Waals surface area contributed by atoms with Gasteiger partial charge in [0.15, 0.2) is 0 Å². The highest BCUT2D eigenvalue weighted by atomic mass is 35.5. The Morgan fingerprint density at radius 1 is 1.45 bits per heavy atom. The van der Waals surface area contributed by atoms with Crippen molar-refractivity contribution in [2.45, 2.75) is 24.9 Å². The van der Waals surface area contributed by atoms with Crippen molar-refractivity contribution in [3.8, 4) is 0 Å². The van der Waals surface area contributed by atoms with Gasteiger partial charge in [0.1, 0.15) is 6.04 Å². The topological polar surface area (TPSA) is 50.4 Å². The molecule has 0 aromatic heterocycles. The summed E-state index contributed by atoms with van der Waals surface area (Å²) in [6, 6.07) is 5.76. The van der Waals surface area contributed by atoms with Gasteiger partial charge in [0.25, 0.3) is 0 Å². The molecular formula is C14H18Cl2N2O2. The van der Waals surface area contributed by atoms with E-state index in [2.05, 4.69) is 10.6 Å². The number of morpholine rings is 1. The second-order valence-electron chi connectivity index (χ2n) is 5.02. The zero-order valence-corrected chi connectivity index (χ0v) is 12.6. The van der Waals surface area contributed by atoms with E-state index in [1.165, 1.54) is 11.1 Å². The largest absolute Gasteiger partial charge is 0.378 e. The van der Waals surface area contributed by atoms with E-state index in [1.807, 2.05) is 18.2 Å². The molecule has 1 aliphatic heterocycles. The van der Waals surface area contributed by atoms with Gasteiger partial charge in [-0.15, -0.1) is 12.4 Å². The first-order valence-corrected chi connectivity index (χ1v) is 7.01. The summed E-state index contributed by atoms with van der Waals surface area (Å²) in [5.41, 5.74) is 2.43. The third-order valence-electron chi connectivity index (χ3n) is 3.74. The van der Waals surface area contributed by atoms with Gasteiger partial charge in [-0.2, -0.15) is 0 Å². The third kappa shape index (κ3) is 3.26. The van der Waals surface area contributed by atoms with Crippen LogP contribution in [-0.2, 0) is 16.0 Å². The van der Waals surface area contributed by atoms with Gasteiger partial charge >= 0.3 is 0 Å². The van der Waals surface area contributed by atoms with E-state index < -0.39 is 0 Å². The Kier molecular flexibility index (Phi) is 5.27. The minimum Gasteiger partial charge on any atom is -0.378 e. The van der Waals surface area contributed by atoms with Crippen molar-refractivity contribution in [2.24, 2.45) is 0 Å². The summed E-state index contributed by atoms with van der Waals surface area (Å²) in [7, 11) is 0. The van der Waals surface area contributed by atoms with Gasteiger partial charge in [-0.25, -0.2) is 0 Å². The molecule has 0 radical (unpaired) electrons. The minimum absolute atomic E-state index is 0. The lowest BCUT2D eigenvalue weighted by Gasteiger charge is -2.25. The number of amides is 1. The van der Waals surface area contributed by atoms with Crippen LogP contribution in [0.3, 0.4) is 0 Å². The maximum Gasteiger partial charge on any atom is 0.240 e. The number of aryl methyl sites for hydroxylation is 1. The third-order valence-corrected chi connectivity index (χ3v) is 3.97. The van der Waals surface area contributed by atoms with E-state index in [0.29, 0.717) is 13.2 Å². The molecule has 1 saturated heterocycles. The Hall–Kier alpha value is -0.810. The number of hydrogen-bond donors (Lipinski definition) is 2. The van der Waals surface area contributed by atoms with Crippen molar-refractivity contribution in [1.82, 2.24) is 10.6 Å². The normalized spacial score (nSPS) is 24.6. The highest BCUT2D eigenvalue weighted by Gasteiger charge is 2.28. The smallest absolute Gasteiger partial charge is 0.240 e. The maximum atomic E-state index is 12.2. The number of benzene rings is 1. The van der Waals surface area contributed by atoms with Gasteiger partial charge in [0.05, 0.1) is 19.3 Å². The summed E-state index contributed by atoms with van der Waals surface area (Å²) < 4.78 is 5.31. The van der Waals surface area contributed by atoms with Crippen molar-refractivity contribution in [3.05, 3.63) is 34.3 Å². The first-order valence-electron chi connectivity index (χ1n) is 6.64. The van der Waals surface area contributed by atoms with Gasteiger partial charge in [-0.3, -0.25) is 4.79 Å². The summed E-state index contributed by atoms with van der Waals surface area (Å²) >= 11 is 5.98. The van der Waals surface area contributed by atoms with Crippen LogP contribution >= 0.6 is 24.0 Å². The monoisotopic (exact) mass is 316 g/mol. The number of fused-ring (bicyclic) bond motifs is 1. The summed E-state index contributed by atoms with van der Waals surface area (Å²) in [5.74, 6) is 0.0208.